The molecular formula is C18H11IO. The summed E-state index contributed by atoms with van der Waals surface area (Å²) in [6.45, 7) is 0. The van der Waals surface area contributed by atoms with Gasteiger partial charge < -0.3 is 4.42 Å². The van der Waals surface area contributed by atoms with Crippen molar-refractivity contribution in [3.63, 3.8) is 0 Å². The summed E-state index contributed by atoms with van der Waals surface area (Å²) in [7, 11) is 0. The van der Waals surface area contributed by atoms with Crippen molar-refractivity contribution >= 4 is 44.5 Å². The number of benzene rings is 3. The van der Waals surface area contributed by atoms with Crippen LogP contribution in [0.2, 0.25) is 0 Å². The van der Waals surface area contributed by atoms with Gasteiger partial charge in [-0.3, -0.25) is 0 Å². The third-order valence-electron chi connectivity index (χ3n) is 3.56. The minimum absolute atomic E-state index is 0.970. The summed E-state index contributed by atoms with van der Waals surface area (Å²) in [4.78, 5) is 0. The Morgan fingerprint density at radius 1 is 0.650 bits per heavy atom. The highest BCUT2D eigenvalue weighted by atomic mass is 127. The highest BCUT2D eigenvalue weighted by molar-refractivity contribution is 14.1. The zero-order chi connectivity index (χ0) is 13.5. The van der Waals surface area contributed by atoms with E-state index < -0.39 is 0 Å². The Hall–Kier alpha value is -1.81. The number of halogens is 1. The second-order valence-corrected chi connectivity index (χ2v) is 5.93. The van der Waals surface area contributed by atoms with Crippen LogP contribution in [0, 0.1) is 3.57 Å². The fourth-order valence-electron chi connectivity index (χ4n) is 2.63. The lowest BCUT2D eigenvalue weighted by atomic mass is 10.0. The molecule has 0 aliphatic heterocycles. The molecule has 2 heteroatoms. The Labute approximate surface area is 130 Å². The third kappa shape index (κ3) is 1.75. The maximum Gasteiger partial charge on any atom is 0.148 e. The van der Waals surface area contributed by atoms with E-state index in [1.807, 2.05) is 6.07 Å². The number of furan rings is 1. The van der Waals surface area contributed by atoms with Crippen LogP contribution in [0.25, 0.3) is 33.1 Å². The summed E-state index contributed by atoms with van der Waals surface area (Å²) in [6, 6.07) is 23.0. The molecule has 4 rings (SSSR count). The molecule has 0 aliphatic rings. The van der Waals surface area contributed by atoms with Gasteiger partial charge in [0.2, 0.25) is 0 Å². The van der Waals surface area contributed by atoms with E-state index in [2.05, 4.69) is 83.3 Å². The third-order valence-corrected chi connectivity index (χ3v) is 4.41. The van der Waals surface area contributed by atoms with Crippen LogP contribution in [-0.2, 0) is 0 Å². The average molecular weight is 370 g/mol. The van der Waals surface area contributed by atoms with Gasteiger partial charge in [0, 0.05) is 16.3 Å². The molecule has 0 spiro atoms. The van der Waals surface area contributed by atoms with Crippen LogP contribution in [0.1, 0.15) is 0 Å². The van der Waals surface area contributed by atoms with Crippen LogP contribution in [0.5, 0.6) is 0 Å². The van der Waals surface area contributed by atoms with E-state index in [1.165, 1.54) is 16.3 Å². The topological polar surface area (TPSA) is 13.1 Å². The lowest BCUT2D eigenvalue weighted by Crippen LogP contribution is -1.77. The molecule has 1 heterocycles. The van der Waals surface area contributed by atoms with Gasteiger partial charge in [0.1, 0.15) is 11.2 Å². The summed E-state index contributed by atoms with van der Waals surface area (Å²) in [5.74, 6) is 0. The molecule has 0 N–H and O–H groups in total. The lowest BCUT2D eigenvalue weighted by molar-refractivity contribution is 0.667. The predicted octanol–water partition coefficient (Wildman–Crippen LogP) is 5.86. The van der Waals surface area contributed by atoms with Crippen molar-refractivity contribution in [3.8, 4) is 11.1 Å². The lowest BCUT2D eigenvalue weighted by Gasteiger charge is -2.01. The minimum Gasteiger partial charge on any atom is -0.454 e. The summed E-state index contributed by atoms with van der Waals surface area (Å²) in [5, 5.41) is 2.37. The fraction of sp³-hybridized carbons (Fsp3) is 0. The van der Waals surface area contributed by atoms with Crippen LogP contribution in [-0.4, -0.2) is 0 Å². The van der Waals surface area contributed by atoms with E-state index in [4.69, 9.17) is 4.42 Å². The van der Waals surface area contributed by atoms with Crippen LogP contribution in [0.15, 0.2) is 71.1 Å². The van der Waals surface area contributed by atoms with Crippen molar-refractivity contribution in [2.75, 3.05) is 0 Å². The van der Waals surface area contributed by atoms with Crippen molar-refractivity contribution in [2.24, 2.45) is 0 Å². The van der Waals surface area contributed by atoms with E-state index in [1.54, 1.807) is 0 Å². The van der Waals surface area contributed by atoms with Gasteiger partial charge in [0.15, 0.2) is 0 Å². The average Bonchev–Trinajstić information content (AvgIpc) is 2.88. The van der Waals surface area contributed by atoms with E-state index in [9.17, 15) is 0 Å². The Morgan fingerprint density at radius 3 is 2.15 bits per heavy atom. The van der Waals surface area contributed by atoms with Gasteiger partial charge in [-0.25, -0.2) is 0 Å². The first-order valence-corrected chi connectivity index (χ1v) is 7.57. The van der Waals surface area contributed by atoms with Crippen molar-refractivity contribution in [1.82, 2.24) is 0 Å². The van der Waals surface area contributed by atoms with Crippen molar-refractivity contribution in [3.05, 3.63) is 70.3 Å². The summed E-state index contributed by atoms with van der Waals surface area (Å²) in [6.07, 6.45) is 0. The Kier molecular flexibility index (Phi) is 2.77. The van der Waals surface area contributed by atoms with Gasteiger partial charge in [0.05, 0.1) is 3.57 Å². The van der Waals surface area contributed by atoms with Crippen molar-refractivity contribution in [2.45, 2.75) is 0 Å². The molecular weight excluding hydrogens is 359 g/mol. The maximum absolute atomic E-state index is 6.16. The minimum atomic E-state index is 0.970. The number of hydrogen-bond acceptors (Lipinski definition) is 1. The molecule has 20 heavy (non-hydrogen) atoms. The Bertz CT molecular complexity index is 907. The standard InChI is InChI=1S/C18H11IO/c19-16-11-5-10-15-14-9-4-8-13(17(14)20-18(15)16)12-6-2-1-3-7-12/h1-11H. The molecule has 0 unspecified atom stereocenters. The molecule has 0 saturated carbocycles. The molecule has 0 atom stereocenters. The van der Waals surface area contributed by atoms with E-state index in [0.29, 0.717) is 0 Å². The van der Waals surface area contributed by atoms with Crippen LogP contribution >= 0.6 is 22.6 Å². The van der Waals surface area contributed by atoms with Crippen LogP contribution < -0.4 is 0 Å². The van der Waals surface area contributed by atoms with Crippen LogP contribution in [0.4, 0.5) is 0 Å². The molecule has 0 saturated heterocycles. The Morgan fingerprint density at radius 2 is 1.35 bits per heavy atom. The molecule has 4 aromatic rings. The predicted molar refractivity (Wildman–Crippen MR) is 91.9 cm³/mol. The van der Waals surface area contributed by atoms with Gasteiger partial charge >= 0.3 is 0 Å². The van der Waals surface area contributed by atoms with Crippen molar-refractivity contribution < 1.29 is 4.42 Å². The molecule has 96 valence electrons. The van der Waals surface area contributed by atoms with Gasteiger partial charge in [-0.1, -0.05) is 60.7 Å². The number of hydrogen-bond donors (Lipinski definition) is 0. The molecule has 0 fully saturated rings. The fourth-order valence-corrected chi connectivity index (χ4v) is 3.24. The second-order valence-electron chi connectivity index (χ2n) is 4.77. The van der Waals surface area contributed by atoms with Gasteiger partial charge in [-0.15, -0.1) is 0 Å². The molecule has 1 nitrogen and oxygen atoms in total. The molecule has 0 aliphatic carbocycles. The SMILES string of the molecule is Ic1cccc2c1oc1c(-c3ccccc3)cccc12. The second kappa shape index (κ2) is 4.63. The molecule has 3 aromatic carbocycles. The summed E-state index contributed by atoms with van der Waals surface area (Å²) in [5.41, 5.74) is 4.28. The molecule has 0 radical (unpaired) electrons. The zero-order valence-corrected chi connectivity index (χ0v) is 12.8. The maximum atomic E-state index is 6.16. The summed E-state index contributed by atoms with van der Waals surface area (Å²) < 4.78 is 7.31. The number of fused-ring (bicyclic) bond motifs is 3. The zero-order valence-electron chi connectivity index (χ0n) is 10.6. The normalized spacial score (nSPS) is 11.2. The van der Waals surface area contributed by atoms with Crippen LogP contribution in [0.3, 0.4) is 0 Å². The van der Waals surface area contributed by atoms with Gasteiger partial charge in [-0.2, -0.15) is 0 Å². The molecule has 0 amide bonds. The smallest absolute Gasteiger partial charge is 0.148 e. The van der Waals surface area contributed by atoms with Gasteiger partial charge in [0.25, 0.3) is 0 Å². The van der Waals surface area contributed by atoms with Crippen molar-refractivity contribution in [1.29, 1.82) is 0 Å². The highest BCUT2D eigenvalue weighted by Crippen LogP contribution is 2.36. The van der Waals surface area contributed by atoms with Gasteiger partial charge in [-0.05, 0) is 34.2 Å². The Balaban J connectivity index is 2.14. The van der Waals surface area contributed by atoms with E-state index in [-0.39, 0.29) is 0 Å². The first-order chi connectivity index (χ1) is 9.84. The summed E-state index contributed by atoms with van der Waals surface area (Å²) >= 11 is 2.33. The van der Waals surface area contributed by atoms with E-state index in [0.717, 1.165) is 20.3 Å². The molecule has 1 aromatic heterocycles. The quantitative estimate of drug-likeness (QED) is 0.383. The first kappa shape index (κ1) is 12.0. The highest BCUT2D eigenvalue weighted by Gasteiger charge is 2.12. The largest absolute Gasteiger partial charge is 0.454 e. The number of rotatable bonds is 1. The number of para-hydroxylation sites is 2. The first-order valence-electron chi connectivity index (χ1n) is 6.50. The monoisotopic (exact) mass is 370 g/mol. The van der Waals surface area contributed by atoms with E-state index >= 15 is 0 Å². The molecule has 0 bridgehead atoms.